The molecule has 0 aliphatic carbocycles. The molecule has 1 N–H and O–H groups in total. The van der Waals surface area contributed by atoms with Crippen molar-refractivity contribution in [1.29, 1.82) is 0 Å². The van der Waals surface area contributed by atoms with Gasteiger partial charge in [0.15, 0.2) is 11.0 Å². The number of hydrazone groups is 1. The molecule has 0 unspecified atom stereocenters. The Morgan fingerprint density at radius 3 is 2.58 bits per heavy atom. The van der Waals surface area contributed by atoms with Gasteiger partial charge in [-0.1, -0.05) is 35.9 Å². The molecule has 0 saturated carbocycles. The van der Waals surface area contributed by atoms with Crippen molar-refractivity contribution in [3.05, 3.63) is 53.2 Å². The molecule has 24 heavy (non-hydrogen) atoms. The van der Waals surface area contributed by atoms with Gasteiger partial charge in [-0.05, 0) is 18.2 Å². The predicted octanol–water partition coefficient (Wildman–Crippen LogP) is 3.75. The van der Waals surface area contributed by atoms with Crippen molar-refractivity contribution in [3.63, 3.8) is 0 Å². The summed E-state index contributed by atoms with van der Waals surface area (Å²) >= 11 is 6.06. The van der Waals surface area contributed by atoms with Gasteiger partial charge in [-0.15, -0.1) is 10.2 Å². The lowest BCUT2D eigenvalue weighted by atomic mass is 10.2. The SMILES string of the molecule is COc1ccc(OC)c(/C=N\Nc2nnc(Cl)c3ccccc23)c1. The number of methoxy groups -OCH3 is 2. The van der Waals surface area contributed by atoms with E-state index in [0.29, 0.717) is 22.5 Å². The standard InChI is InChI=1S/C17H15ClN4O2/c1-23-12-7-8-15(24-2)11(9-12)10-19-21-17-14-6-4-3-5-13(14)16(18)20-22-17/h3-10H,1-2H3,(H,21,22)/b19-10-. The fourth-order valence-electron chi connectivity index (χ4n) is 2.26. The normalized spacial score (nSPS) is 11.0. The highest BCUT2D eigenvalue weighted by Gasteiger charge is 2.07. The van der Waals surface area contributed by atoms with Gasteiger partial charge in [-0.2, -0.15) is 5.10 Å². The molecule has 3 aromatic rings. The van der Waals surface area contributed by atoms with Gasteiger partial charge in [0.1, 0.15) is 11.5 Å². The van der Waals surface area contributed by atoms with Crippen LogP contribution in [-0.2, 0) is 0 Å². The van der Waals surface area contributed by atoms with Crippen molar-refractivity contribution < 1.29 is 9.47 Å². The van der Waals surface area contributed by atoms with Crippen LogP contribution in [0.2, 0.25) is 5.15 Å². The summed E-state index contributed by atoms with van der Waals surface area (Å²) < 4.78 is 10.5. The number of nitrogens with one attached hydrogen (secondary N) is 1. The fraction of sp³-hybridized carbons (Fsp3) is 0.118. The van der Waals surface area contributed by atoms with Crippen LogP contribution < -0.4 is 14.9 Å². The fourth-order valence-corrected chi connectivity index (χ4v) is 2.46. The third-order valence-corrected chi connectivity index (χ3v) is 3.73. The molecule has 0 aliphatic heterocycles. The molecule has 0 bridgehead atoms. The summed E-state index contributed by atoms with van der Waals surface area (Å²) in [6.07, 6.45) is 1.63. The van der Waals surface area contributed by atoms with E-state index in [0.717, 1.165) is 16.3 Å². The number of hydrogen-bond donors (Lipinski definition) is 1. The van der Waals surface area contributed by atoms with Gasteiger partial charge in [0.25, 0.3) is 0 Å². The number of anilines is 1. The molecule has 6 nitrogen and oxygen atoms in total. The van der Waals surface area contributed by atoms with Crippen LogP contribution in [0.4, 0.5) is 5.82 Å². The lowest BCUT2D eigenvalue weighted by molar-refractivity contribution is 0.402. The van der Waals surface area contributed by atoms with Crippen LogP contribution in [0.15, 0.2) is 47.6 Å². The molecule has 0 fully saturated rings. The first-order valence-corrected chi connectivity index (χ1v) is 7.52. The maximum absolute atomic E-state index is 6.06. The smallest absolute Gasteiger partial charge is 0.176 e. The van der Waals surface area contributed by atoms with Gasteiger partial charge in [0.2, 0.25) is 0 Å². The number of ether oxygens (including phenoxy) is 2. The number of fused-ring (bicyclic) bond motifs is 1. The molecular formula is C17H15ClN4O2. The van der Waals surface area contributed by atoms with E-state index in [1.807, 2.05) is 42.5 Å². The second-order valence-corrected chi connectivity index (χ2v) is 5.22. The summed E-state index contributed by atoms with van der Waals surface area (Å²) in [5.74, 6) is 1.93. The molecule has 122 valence electrons. The Labute approximate surface area is 144 Å². The van der Waals surface area contributed by atoms with E-state index in [4.69, 9.17) is 21.1 Å². The van der Waals surface area contributed by atoms with Gasteiger partial charge in [-0.25, -0.2) is 0 Å². The van der Waals surface area contributed by atoms with Crippen LogP contribution >= 0.6 is 11.6 Å². The Bertz CT molecular complexity index is 899. The maximum Gasteiger partial charge on any atom is 0.176 e. The number of hydrogen-bond acceptors (Lipinski definition) is 6. The van der Waals surface area contributed by atoms with Crippen molar-refractivity contribution in [2.24, 2.45) is 5.10 Å². The minimum atomic E-state index is 0.356. The van der Waals surface area contributed by atoms with Gasteiger partial charge in [0.05, 0.1) is 20.4 Å². The highest BCUT2D eigenvalue weighted by molar-refractivity contribution is 6.34. The van der Waals surface area contributed by atoms with Crippen LogP contribution in [0.5, 0.6) is 11.5 Å². The van der Waals surface area contributed by atoms with Gasteiger partial charge < -0.3 is 9.47 Å². The molecule has 0 saturated heterocycles. The number of benzene rings is 2. The van der Waals surface area contributed by atoms with Crippen molar-refractivity contribution >= 4 is 34.4 Å². The van der Waals surface area contributed by atoms with Gasteiger partial charge >= 0.3 is 0 Å². The largest absolute Gasteiger partial charge is 0.497 e. The highest BCUT2D eigenvalue weighted by Crippen LogP contribution is 2.26. The quantitative estimate of drug-likeness (QED) is 0.565. The van der Waals surface area contributed by atoms with E-state index < -0.39 is 0 Å². The van der Waals surface area contributed by atoms with E-state index in [1.54, 1.807) is 20.4 Å². The Morgan fingerprint density at radius 2 is 1.83 bits per heavy atom. The van der Waals surface area contributed by atoms with Crippen LogP contribution in [-0.4, -0.2) is 30.6 Å². The van der Waals surface area contributed by atoms with Crippen LogP contribution in [0.1, 0.15) is 5.56 Å². The first kappa shape index (κ1) is 16.0. The Hall–Kier alpha value is -2.86. The lowest BCUT2D eigenvalue weighted by Gasteiger charge is -2.07. The molecule has 0 atom stereocenters. The highest BCUT2D eigenvalue weighted by atomic mass is 35.5. The second-order valence-electron chi connectivity index (χ2n) is 4.86. The average molecular weight is 343 g/mol. The van der Waals surface area contributed by atoms with E-state index in [2.05, 4.69) is 20.7 Å². The number of halogens is 1. The molecule has 3 rings (SSSR count). The maximum atomic E-state index is 6.06. The summed E-state index contributed by atoms with van der Waals surface area (Å²) in [7, 11) is 3.21. The number of rotatable bonds is 5. The first-order valence-electron chi connectivity index (χ1n) is 7.15. The van der Waals surface area contributed by atoms with Crippen molar-refractivity contribution in [2.75, 3.05) is 19.6 Å². The zero-order valence-corrected chi connectivity index (χ0v) is 13.9. The van der Waals surface area contributed by atoms with Crippen molar-refractivity contribution in [1.82, 2.24) is 10.2 Å². The lowest BCUT2D eigenvalue weighted by Crippen LogP contribution is -1.98. The Morgan fingerprint density at radius 1 is 1.04 bits per heavy atom. The van der Waals surface area contributed by atoms with E-state index >= 15 is 0 Å². The second kappa shape index (κ2) is 7.14. The zero-order valence-electron chi connectivity index (χ0n) is 13.2. The van der Waals surface area contributed by atoms with Crippen LogP contribution in [0, 0.1) is 0 Å². The number of nitrogens with zero attached hydrogens (tertiary/aromatic N) is 3. The summed E-state index contributed by atoms with van der Waals surface area (Å²) in [6.45, 7) is 0. The molecule has 7 heteroatoms. The summed E-state index contributed by atoms with van der Waals surface area (Å²) in [5.41, 5.74) is 3.67. The van der Waals surface area contributed by atoms with E-state index in [-0.39, 0.29) is 0 Å². The monoisotopic (exact) mass is 342 g/mol. The zero-order chi connectivity index (χ0) is 16.9. The molecule has 1 heterocycles. The molecule has 0 aliphatic rings. The third kappa shape index (κ3) is 3.23. The summed E-state index contributed by atoms with van der Waals surface area (Å²) in [4.78, 5) is 0. The molecule has 2 aromatic carbocycles. The molecule has 0 spiro atoms. The van der Waals surface area contributed by atoms with Gasteiger partial charge in [-0.3, -0.25) is 5.43 Å². The predicted molar refractivity (Wildman–Crippen MR) is 95.3 cm³/mol. The Balaban J connectivity index is 1.89. The van der Waals surface area contributed by atoms with E-state index in [1.165, 1.54) is 0 Å². The van der Waals surface area contributed by atoms with Crippen molar-refractivity contribution in [3.8, 4) is 11.5 Å². The van der Waals surface area contributed by atoms with Gasteiger partial charge in [0, 0.05) is 16.3 Å². The van der Waals surface area contributed by atoms with Crippen LogP contribution in [0.3, 0.4) is 0 Å². The first-order chi connectivity index (χ1) is 11.7. The molecule has 1 aromatic heterocycles. The minimum Gasteiger partial charge on any atom is -0.497 e. The summed E-state index contributed by atoms with van der Waals surface area (Å²) in [5, 5.41) is 14.2. The topological polar surface area (TPSA) is 68.6 Å². The molecule has 0 radical (unpaired) electrons. The minimum absolute atomic E-state index is 0.356. The Kier molecular flexibility index (Phi) is 4.77. The van der Waals surface area contributed by atoms with Crippen molar-refractivity contribution in [2.45, 2.75) is 0 Å². The molecular weight excluding hydrogens is 328 g/mol. The number of aromatic nitrogens is 2. The third-order valence-electron chi connectivity index (χ3n) is 3.45. The summed E-state index contributed by atoms with van der Waals surface area (Å²) in [6, 6.07) is 13.0. The van der Waals surface area contributed by atoms with Crippen LogP contribution in [0.25, 0.3) is 10.8 Å². The van der Waals surface area contributed by atoms with E-state index in [9.17, 15) is 0 Å². The molecule has 0 amide bonds. The average Bonchev–Trinajstić information content (AvgIpc) is 2.63.